The molecule has 322 valence electrons. The minimum absolute atomic E-state index is 0.174. The van der Waals surface area contributed by atoms with Crippen molar-refractivity contribution < 1.29 is 58.4 Å². The van der Waals surface area contributed by atoms with Crippen LogP contribution in [-0.2, 0) is 38.0 Å². The molecule has 1 aliphatic heterocycles. The predicted octanol–water partition coefficient (Wildman–Crippen LogP) is 7.85. The number of rotatable bonds is 33. The fraction of sp³-hybridized carbons (Fsp3) is 0.600. The molecular formula is C45H70O12. The predicted molar refractivity (Wildman–Crippen MR) is 221 cm³/mol. The minimum Gasteiger partial charge on any atom is -0.473 e. The number of allylic oxidation sites excluding steroid dienone is 12. The van der Waals surface area contributed by atoms with E-state index in [2.05, 4.69) is 26.0 Å². The highest BCUT2D eigenvalue weighted by Crippen LogP contribution is 2.22. The van der Waals surface area contributed by atoms with Gasteiger partial charge >= 0.3 is 11.9 Å². The topological polar surface area (TPSA) is 170 Å². The summed E-state index contributed by atoms with van der Waals surface area (Å²) in [4.78, 5) is 25.3. The van der Waals surface area contributed by atoms with Gasteiger partial charge in [0.2, 0.25) is 0 Å². The number of unbranched alkanes of at least 4 members (excludes halogenated alkanes) is 10. The van der Waals surface area contributed by atoms with Crippen LogP contribution in [0.2, 0.25) is 0 Å². The number of hydrogen-bond acceptors (Lipinski definition) is 12. The molecule has 1 rings (SSSR count). The van der Waals surface area contributed by atoms with E-state index >= 15 is 0 Å². The molecule has 0 aliphatic carbocycles. The summed E-state index contributed by atoms with van der Waals surface area (Å²) in [7, 11) is 0. The zero-order valence-electron chi connectivity index (χ0n) is 34.2. The van der Waals surface area contributed by atoms with E-state index in [1.807, 2.05) is 60.8 Å². The maximum Gasteiger partial charge on any atom is 0.306 e. The zero-order chi connectivity index (χ0) is 41.6. The summed E-state index contributed by atoms with van der Waals surface area (Å²) >= 11 is 0. The number of carbonyl (C=O) groups is 2. The highest BCUT2D eigenvalue weighted by molar-refractivity contribution is 5.70. The van der Waals surface area contributed by atoms with Crippen LogP contribution in [0.25, 0.3) is 0 Å². The second-order valence-corrected chi connectivity index (χ2v) is 13.6. The molecule has 0 bridgehead atoms. The molecule has 0 saturated carbocycles. The Morgan fingerprint density at radius 1 is 0.579 bits per heavy atom. The standard InChI is InChI=1S/C45H70O12/c1-3-5-7-25-31-52-33-27-21-17-13-9-11-15-19-23-29-40(47)54-36-38(37-55-45-44(51)43(50)42(49)39(35-46)57-45)56-41(48)30-24-20-16-12-10-14-18-22-28-34-53-32-26-8-6-4-2/h5-8,17-18,21-22,25-28,31-34,38-39,42-46,49-51H,3-4,9-16,19-20,23-24,29-30,35-37H2,1-2H3/b7-5-,8-6-,21-17-,22-18-,31-25-,32-26-,33-27+,34-28+/t38?,39-,42+,43+,44-,45-/m1/s1. The third-order valence-electron chi connectivity index (χ3n) is 8.62. The lowest BCUT2D eigenvalue weighted by atomic mass is 9.99. The van der Waals surface area contributed by atoms with Crippen molar-refractivity contribution in [2.45, 2.75) is 153 Å². The van der Waals surface area contributed by atoms with Crippen molar-refractivity contribution in [3.8, 4) is 0 Å². The van der Waals surface area contributed by atoms with Crippen LogP contribution in [0.15, 0.2) is 98.0 Å². The van der Waals surface area contributed by atoms with Crippen LogP contribution in [0.5, 0.6) is 0 Å². The fourth-order valence-electron chi connectivity index (χ4n) is 5.38. The van der Waals surface area contributed by atoms with Crippen molar-refractivity contribution in [3.05, 3.63) is 98.0 Å². The van der Waals surface area contributed by atoms with Crippen molar-refractivity contribution in [3.63, 3.8) is 0 Å². The molecule has 1 fully saturated rings. The summed E-state index contributed by atoms with van der Waals surface area (Å²) in [5, 5.41) is 40.0. The molecule has 1 saturated heterocycles. The van der Waals surface area contributed by atoms with Gasteiger partial charge in [-0.3, -0.25) is 9.59 Å². The van der Waals surface area contributed by atoms with E-state index in [0.29, 0.717) is 12.8 Å². The molecule has 1 heterocycles. The molecular weight excluding hydrogens is 732 g/mol. The van der Waals surface area contributed by atoms with Gasteiger partial charge < -0.3 is 48.8 Å². The Bertz CT molecular complexity index is 1250. The van der Waals surface area contributed by atoms with Crippen LogP contribution in [0.3, 0.4) is 0 Å². The Hall–Kier alpha value is -3.78. The first-order chi connectivity index (χ1) is 27.8. The van der Waals surface area contributed by atoms with E-state index in [4.69, 9.17) is 28.4 Å². The van der Waals surface area contributed by atoms with Gasteiger partial charge in [0.25, 0.3) is 0 Å². The molecule has 57 heavy (non-hydrogen) atoms. The summed E-state index contributed by atoms with van der Waals surface area (Å²) in [5.74, 6) is -0.905. The average molecular weight is 803 g/mol. The average Bonchev–Trinajstić information content (AvgIpc) is 3.21. The molecule has 6 atom stereocenters. The van der Waals surface area contributed by atoms with Gasteiger partial charge in [-0.1, -0.05) is 101 Å². The maximum atomic E-state index is 12.7. The largest absolute Gasteiger partial charge is 0.473 e. The lowest BCUT2D eigenvalue weighted by molar-refractivity contribution is -0.305. The Morgan fingerprint density at radius 3 is 1.56 bits per heavy atom. The molecule has 0 aromatic heterocycles. The lowest BCUT2D eigenvalue weighted by Gasteiger charge is -2.39. The van der Waals surface area contributed by atoms with Crippen LogP contribution in [0.4, 0.5) is 0 Å². The SMILES string of the molecule is CC/C=C\C=C/O/C=C/C=C\CCCCCCCC(=O)OCC(CO[C@@H]1O[C@H](CO)[C@H](O)[C@H](O)[C@H]1O)OC(=O)CCCCCCC/C=C\C=C\O/C=C\C=C/CC. The van der Waals surface area contributed by atoms with Crippen molar-refractivity contribution in [1.82, 2.24) is 0 Å². The Balaban J connectivity index is 2.40. The summed E-state index contributed by atoms with van der Waals surface area (Å²) < 4.78 is 32.5. The Morgan fingerprint density at radius 2 is 1.05 bits per heavy atom. The van der Waals surface area contributed by atoms with E-state index < -0.39 is 55.4 Å². The quantitative estimate of drug-likeness (QED) is 0.0220. The molecule has 0 spiro atoms. The molecule has 0 aromatic carbocycles. The van der Waals surface area contributed by atoms with Crippen LogP contribution < -0.4 is 0 Å². The van der Waals surface area contributed by atoms with Crippen LogP contribution in [0, 0.1) is 0 Å². The lowest BCUT2D eigenvalue weighted by Crippen LogP contribution is -2.59. The number of esters is 2. The van der Waals surface area contributed by atoms with Gasteiger partial charge in [0.1, 0.15) is 31.0 Å². The van der Waals surface area contributed by atoms with Crippen molar-refractivity contribution >= 4 is 11.9 Å². The highest BCUT2D eigenvalue weighted by atomic mass is 16.7. The van der Waals surface area contributed by atoms with Crippen molar-refractivity contribution in [2.75, 3.05) is 19.8 Å². The molecule has 0 radical (unpaired) electrons. The van der Waals surface area contributed by atoms with Crippen molar-refractivity contribution in [2.24, 2.45) is 0 Å². The van der Waals surface area contributed by atoms with E-state index in [-0.39, 0.29) is 26.1 Å². The van der Waals surface area contributed by atoms with E-state index in [0.717, 1.165) is 77.0 Å². The third-order valence-corrected chi connectivity index (χ3v) is 8.62. The summed E-state index contributed by atoms with van der Waals surface area (Å²) in [6, 6.07) is 0. The number of carbonyl (C=O) groups excluding carboxylic acids is 2. The first kappa shape index (κ1) is 51.2. The molecule has 4 N–H and O–H groups in total. The second-order valence-electron chi connectivity index (χ2n) is 13.6. The molecule has 12 heteroatoms. The number of aliphatic hydroxyl groups is 4. The molecule has 12 nitrogen and oxygen atoms in total. The number of hydrogen-bond donors (Lipinski definition) is 4. The normalized spacial score (nSPS) is 21.1. The van der Waals surface area contributed by atoms with Gasteiger partial charge in [-0.25, -0.2) is 0 Å². The van der Waals surface area contributed by atoms with Gasteiger partial charge in [0, 0.05) is 12.8 Å². The molecule has 1 unspecified atom stereocenters. The summed E-state index contributed by atoms with van der Waals surface area (Å²) in [5.41, 5.74) is 0. The van der Waals surface area contributed by atoms with E-state index in [9.17, 15) is 30.0 Å². The summed E-state index contributed by atoms with van der Waals surface area (Å²) in [6.07, 6.45) is 35.0. The maximum absolute atomic E-state index is 12.7. The third kappa shape index (κ3) is 28.3. The Labute approximate surface area is 340 Å². The smallest absolute Gasteiger partial charge is 0.306 e. The van der Waals surface area contributed by atoms with Gasteiger partial charge in [0.15, 0.2) is 12.4 Å². The van der Waals surface area contributed by atoms with Crippen LogP contribution in [-0.4, -0.2) is 89.0 Å². The first-order valence-corrected chi connectivity index (χ1v) is 20.7. The monoisotopic (exact) mass is 802 g/mol. The molecule has 0 aromatic rings. The fourth-order valence-corrected chi connectivity index (χ4v) is 5.38. The zero-order valence-corrected chi connectivity index (χ0v) is 34.2. The van der Waals surface area contributed by atoms with Crippen molar-refractivity contribution in [1.29, 1.82) is 0 Å². The van der Waals surface area contributed by atoms with E-state index in [1.54, 1.807) is 25.0 Å². The minimum atomic E-state index is -1.62. The van der Waals surface area contributed by atoms with Gasteiger partial charge in [-0.15, -0.1) is 0 Å². The highest BCUT2D eigenvalue weighted by Gasteiger charge is 2.44. The number of ether oxygens (including phenoxy) is 6. The van der Waals surface area contributed by atoms with Crippen LogP contribution in [0.1, 0.15) is 117 Å². The first-order valence-electron chi connectivity index (χ1n) is 20.7. The van der Waals surface area contributed by atoms with E-state index in [1.165, 1.54) is 0 Å². The second kappa shape index (κ2) is 36.6. The molecule has 1 aliphatic rings. The van der Waals surface area contributed by atoms with Gasteiger partial charge in [-0.05, 0) is 75.7 Å². The summed E-state index contributed by atoms with van der Waals surface area (Å²) in [6.45, 7) is 2.96. The van der Waals surface area contributed by atoms with Gasteiger partial charge in [0.05, 0.1) is 38.3 Å². The Kier molecular flexibility index (Phi) is 32.9. The van der Waals surface area contributed by atoms with Gasteiger partial charge in [-0.2, -0.15) is 0 Å². The van der Waals surface area contributed by atoms with Crippen LogP contribution >= 0.6 is 0 Å². The molecule has 0 amide bonds. The number of aliphatic hydroxyl groups excluding tert-OH is 4.